The Morgan fingerprint density at radius 2 is 1.57 bits per heavy atom. The maximum Gasteiger partial charge on any atom is 0.308 e. The number of methoxy groups -OCH3 is 2. The van der Waals surface area contributed by atoms with E-state index in [2.05, 4.69) is 34.6 Å². The van der Waals surface area contributed by atoms with E-state index in [1.54, 1.807) is 26.0 Å². The van der Waals surface area contributed by atoms with E-state index in [0.717, 1.165) is 25.8 Å². The Labute approximate surface area is 243 Å². The highest BCUT2D eigenvalue weighted by atomic mass is 16.6. The Morgan fingerprint density at radius 1 is 0.900 bits per heavy atom. The van der Waals surface area contributed by atoms with Crippen LogP contribution >= 0.6 is 0 Å². The molecular formula is C32H57NO7. The molecule has 1 saturated heterocycles. The van der Waals surface area contributed by atoms with Crippen LogP contribution in [0.1, 0.15) is 100 Å². The molecule has 7 atom stereocenters. The molecule has 0 bridgehead atoms. The van der Waals surface area contributed by atoms with Crippen LogP contribution in [0, 0.1) is 29.6 Å². The normalized spacial score (nSPS) is 19.8. The maximum atomic E-state index is 12.7. The molecule has 0 aromatic carbocycles. The lowest BCUT2D eigenvalue weighted by Gasteiger charge is -2.34. The van der Waals surface area contributed by atoms with Crippen LogP contribution < -0.4 is 0 Å². The van der Waals surface area contributed by atoms with Gasteiger partial charge in [-0.2, -0.15) is 0 Å². The van der Waals surface area contributed by atoms with E-state index in [4.69, 9.17) is 18.9 Å². The predicted octanol–water partition coefficient (Wildman–Crippen LogP) is 6.17. The zero-order chi connectivity index (χ0) is 30.4. The van der Waals surface area contributed by atoms with Crippen LogP contribution in [-0.4, -0.2) is 67.9 Å². The Morgan fingerprint density at radius 3 is 2.10 bits per heavy atom. The number of carbonyl (C=O) groups excluding carboxylic acids is 3. The summed E-state index contributed by atoms with van der Waals surface area (Å²) < 4.78 is 23.6. The number of hydrogen-bond donors (Lipinski definition) is 0. The smallest absolute Gasteiger partial charge is 0.308 e. The van der Waals surface area contributed by atoms with Crippen LogP contribution in [-0.2, 0) is 33.3 Å². The van der Waals surface area contributed by atoms with Crippen molar-refractivity contribution < 1.29 is 33.3 Å². The SMILES string of the molecule is CCC(=O)O[C@@H](C[C@H](OC)[C@@H](C)CC[C@@H](OC(=O)C(C)C)[C@H](C)[C@H](OC)[C@H](C)/C=C/N1CCCCC1=O)C(C)C. The Bertz CT molecular complexity index is 796. The van der Waals surface area contributed by atoms with Crippen molar-refractivity contribution in [2.75, 3.05) is 20.8 Å². The fourth-order valence-electron chi connectivity index (χ4n) is 5.28. The molecule has 1 aliphatic rings. The van der Waals surface area contributed by atoms with Crippen LogP contribution in [0.3, 0.4) is 0 Å². The zero-order valence-electron chi connectivity index (χ0n) is 26.8. The Balaban J connectivity index is 2.99. The van der Waals surface area contributed by atoms with Gasteiger partial charge in [0.2, 0.25) is 5.91 Å². The van der Waals surface area contributed by atoms with E-state index in [9.17, 15) is 14.4 Å². The number of nitrogens with zero attached hydrogens (tertiary/aromatic N) is 1. The van der Waals surface area contributed by atoms with E-state index in [1.807, 2.05) is 26.1 Å². The van der Waals surface area contributed by atoms with Gasteiger partial charge < -0.3 is 23.8 Å². The van der Waals surface area contributed by atoms with Crippen molar-refractivity contribution >= 4 is 17.8 Å². The summed E-state index contributed by atoms with van der Waals surface area (Å²) in [6.45, 7) is 16.6. The first-order valence-electron chi connectivity index (χ1n) is 15.3. The average Bonchev–Trinajstić information content (AvgIpc) is 2.92. The molecule has 0 aromatic heterocycles. The summed E-state index contributed by atoms with van der Waals surface area (Å²) in [5.74, 6) is -0.232. The molecule has 8 heteroatoms. The first-order chi connectivity index (χ1) is 18.9. The minimum atomic E-state index is -0.342. The minimum Gasteiger partial charge on any atom is -0.462 e. The largest absolute Gasteiger partial charge is 0.462 e. The van der Waals surface area contributed by atoms with E-state index in [-0.39, 0.29) is 71.9 Å². The number of esters is 2. The molecule has 1 aliphatic heterocycles. The van der Waals surface area contributed by atoms with Crippen molar-refractivity contribution in [1.29, 1.82) is 0 Å². The summed E-state index contributed by atoms with van der Waals surface area (Å²) in [6.07, 6.45) is 8.01. The topological polar surface area (TPSA) is 91.4 Å². The van der Waals surface area contributed by atoms with Crippen LogP contribution in [0.4, 0.5) is 0 Å². The van der Waals surface area contributed by atoms with Gasteiger partial charge in [0.05, 0.1) is 18.1 Å². The Kier molecular flexibility index (Phi) is 16.7. The maximum absolute atomic E-state index is 12.7. The summed E-state index contributed by atoms with van der Waals surface area (Å²) in [6, 6.07) is 0. The standard InChI is InChI=1S/C32H57NO7/c1-11-30(35)39-27(21(2)3)20-28(37-9)23(6)15-16-26(40-32(36)22(4)5)25(8)31(38-10)24(7)17-19-33-18-13-12-14-29(33)34/h17,19,21-28,31H,11-16,18,20H2,1-10H3/b19-17+/t23-,24+,25-,26+,27-,28-,31+/m0/s1. The fraction of sp³-hybridized carbons (Fsp3) is 0.844. The lowest BCUT2D eigenvalue weighted by molar-refractivity contribution is -0.159. The van der Waals surface area contributed by atoms with Crippen molar-refractivity contribution in [3.63, 3.8) is 0 Å². The number of likely N-dealkylation sites (tertiary alicyclic amines) is 1. The molecule has 1 heterocycles. The highest BCUT2D eigenvalue weighted by Crippen LogP contribution is 2.30. The third kappa shape index (κ3) is 11.9. The highest BCUT2D eigenvalue weighted by Gasteiger charge is 2.34. The Hall–Kier alpha value is -1.93. The summed E-state index contributed by atoms with van der Waals surface area (Å²) in [7, 11) is 3.38. The number of amides is 1. The van der Waals surface area contributed by atoms with Gasteiger partial charge >= 0.3 is 11.9 Å². The third-order valence-corrected chi connectivity index (χ3v) is 8.19. The summed E-state index contributed by atoms with van der Waals surface area (Å²) in [5, 5.41) is 0. The van der Waals surface area contributed by atoms with Crippen molar-refractivity contribution in [2.24, 2.45) is 29.6 Å². The monoisotopic (exact) mass is 567 g/mol. The minimum absolute atomic E-state index is 0.0131. The number of ether oxygens (including phenoxy) is 4. The lowest BCUT2D eigenvalue weighted by Crippen LogP contribution is -2.39. The fourth-order valence-corrected chi connectivity index (χ4v) is 5.28. The molecule has 0 aliphatic carbocycles. The number of carbonyl (C=O) groups is 3. The van der Waals surface area contributed by atoms with Gasteiger partial charge in [-0.05, 0) is 37.5 Å². The first kappa shape index (κ1) is 36.1. The second kappa shape index (κ2) is 18.5. The highest BCUT2D eigenvalue weighted by molar-refractivity contribution is 5.77. The molecule has 0 aromatic rings. The average molecular weight is 568 g/mol. The first-order valence-corrected chi connectivity index (χ1v) is 15.3. The van der Waals surface area contributed by atoms with E-state index in [0.29, 0.717) is 25.7 Å². The molecular weight excluding hydrogens is 510 g/mol. The molecule has 1 amide bonds. The van der Waals surface area contributed by atoms with E-state index >= 15 is 0 Å². The van der Waals surface area contributed by atoms with Crippen LogP contribution in [0.5, 0.6) is 0 Å². The van der Waals surface area contributed by atoms with Gasteiger partial charge in [0.25, 0.3) is 0 Å². The van der Waals surface area contributed by atoms with Gasteiger partial charge in [-0.25, -0.2) is 0 Å². The summed E-state index contributed by atoms with van der Waals surface area (Å²) in [4.78, 5) is 38.7. The van der Waals surface area contributed by atoms with Crippen molar-refractivity contribution in [3.05, 3.63) is 12.3 Å². The van der Waals surface area contributed by atoms with Crippen molar-refractivity contribution in [2.45, 2.75) is 125 Å². The summed E-state index contributed by atoms with van der Waals surface area (Å²) >= 11 is 0. The van der Waals surface area contributed by atoms with E-state index < -0.39 is 0 Å². The summed E-state index contributed by atoms with van der Waals surface area (Å²) in [5.41, 5.74) is 0. The zero-order valence-corrected chi connectivity index (χ0v) is 26.8. The number of piperidine rings is 1. The van der Waals surface area contributed by atoms with Gasteiger partial charge in [0.15, 0.2) is 0 Å². The molecule has 8 nitrogen and oxygen atoms in total. The molecule has 1 fully saturated rings. The molecule has 0 radical (unpaired) electrons. The lowest BCUT2D eigenvalue weighted by atomic mass is 9.84. The number of rotatable bonds is 18. The quantitative estimate of drug-likeness (QED) is 0.183. The van der Waals surface area contributed by atoms with Crippen LogP contribution in [0.2, 0.25) is 0 Å². The van der Waals surface area contributed by atoms with Crippen molar-refractivity contribution in [3.8, 4) is 0 Å². The second-order valence-electron chi connectivity index (χ2n) is 12.1. The van der Waals surface area contributed by atoms with Gasteiger partial charge in [0, 0.05) is 58.1 Å². The van der Waals surface area contributed by atoms with Crippen molar-refractivity contribution in [1.82, 2.24) is 4.90 Å². The van der Waals surface area contributed by atoms with Gasteiger partial charge in [-0.15, -0.1) is 0 Å². The molecule has 0 unspecified atom stereocenters. The number of hydrogen-bond acceptors (Lipinski definition) is 7. The van der Waals surface area contributed by atoms with Gasteiger partial charge in [-0.1, -0.05) is 61.5 Å². The van der Waals surface area contributed by atoms with E-state index in [1.165, 1.54) is 0 Å². The molecule has 1 rings (SSSR count). The van der Waals surface area contributed by atoms with Crippen LogP contribution in [0.15, 0.2) is 12.3 Å². The van der Waals surface area contributed by atoms with Gasteiger partial charge in [-0.3, -0.25) is 14.4 Å². The van der Waals surface area contributed by atoms with Crippen LogP contribution in [0.25, 0.3) is 0 Å². The second-order valence-corrected chi connectivity index (χ2v) is 12.1. The molecule has 0 N–H and O–H groups in total. The molecule has 0 spiro atoms. The third-order valence-electron chi connectivity index (χ3n) is 8.19. The molecule has 232 valence electrons. The predicted molar refractivity (Wildman–Crippen MR) is 157 cm³/mol. The molecule has 0 saturated carbocycles. The molecule has 40 heavy (non-hydrogen) atoms. The van der Waals surface area contributed by atoms with Gasteiger partial charge in [0.1, 0.15) is 12.2 Å².